The van der Waals surface area contributed by atoms with Gasteiger partial charge in [-0.15, -0.1) is 0 Å². The smallest absolute Gasteiger partial charge is 0.272 e. The van der Waals surface area contributed by atoms with Gasteiger partial charge in [-0.1, -0.05) is 17.3 Å². The van der Waals surface area contributed by atoms with Crippen LogP contribution in [0, 0.1) is 5.82 Å². The Morgan fingerprint density at radius 3 is 2.96 bits per heavy atom. The highest BCUT2D eigenvalue weighted by Gasteiger charge is 2.29. The highest BCUT2D eigenvalue weighted by atomic mass is 19.1. The van der Waals surface area contributed by atoms with Crippen LogP contribution in [-0.4, -0.2) is 32.7 Å². The molecule has 0 saturated carbocycles. The summed E-state index contributed by atoms with van der Waals surface area (Å²) < 4.78 is 19.4. The Hall–Kier alpha value is -2.96. The normalized spacial score (nSPS) is 13.9. The van der Waals surface area contributed by atoms with Crippen LogP contribution in [-0.2, 0) is 13.0 Å². The number of fused-ring (bicyclic) bond motifs is 1. The molecular weight excluding hydrogens is 299 g/mol. The zero-order valence-corrected chi connectivity index (χ0v) is 12.1. The summed E-state index contributed by atoms with van der Waals surface area (Å²) in [5, 5.41) is 10.5. The minimum absolute atomic E-state index is 0.145. The molecule has 0 unspecified atom stereocenters. The number of carbonyl (C=O) groups is 1. The summed E-state index contributed by atoms with van der Waals surface area (Å²) in [6, 6.07) is 8.04. The van der Waals surface area contributed by atoms with Gasteiger partial charge < -0.3 is 9.42 Å². The number of nitrogens with one attached hydrogen (secondary N) is 1. The molecule has 2 aromatic heterocycles. The molecule has 1 aliphatic heterocycles. The molecule has 0 saturated heterocycles. The van der Waals surface area contributed by atoms with Crippen LogP contribution in [0.3, 0.4) is 0 Å². The Kier molecular flexibility index (Phi) is 3.18. The van der Waals surface area contributed by atoms with Crippen LogP contribution in [0.2, 0.25) is 0 Å². The Labute approximate surface area is 130 Å². The largest absolute Gasteiger partial charge is 0.360 e. The van der Waals surface area contributed by atoms with Gasteiger partial charge in [0.15, 0.2) is 0 Å². The minimum atomic E-state index is -0.361. The molecule has 0 bridgehead atoms. The van der Waals surface area contributed by atoms with E-state index in [0.717, 1.165) is 5.56 Å². The Morgan fingerprint density at radius 2 is 2.17 bits per heavy atom. The molecule has 116 valence electrons. The molecule has 3 heterocycles. The Balaban J connectivity index is 1.68. The van der Waals surface area contributed by atoms with Crippen molar-refractivity contribution in [1.82, 2.24) is 20.3 Å². The fourth-order valence-electron chi connectivity index (χ4n) is 2.79. The van der Waals surface area contributed by atoms with E-state index in [1.165, 1.54) is 12.3 Å². The molecule has 0 atom stereocenters. The lowest BCUT2D eigenvalue weighted by atomic mass is 10.0. The van der Waals surface area contributed by atoms with Crippen LogP contribution in [0.15, 0.2) is 41.1 Å². The first-order chi connectivity index (χ1) is 11.2. The topological polar surface area (TPSA) is 75.0 Å². The zero-order valence-electron chi connectivity index (χ0n) is 12.1. The maximum absolute atomic E-state index is 14.0. The Morgan fingerprint density at radius 1 is 1.30 bits per heavy atom. The number of H-pyrrole nitrogens is 1. The van der Waals surface area contributed by atoms with E-state index in [9.17, 15) is 9.18 Å². The van der Waals surface area contributed by atoms with E-state index in [4.69, 9.17) is 4.52 Å². The van der Waals surface area contributed by atoms with Crippen molar-refractivity contribution in [3.8, 4) is 11.3 Å². The van der Waals surface area contributed by atoms with Crippen molar-refractivity contribution in [2.45, 2.75) is 13.0 Å². The van der Waals surface area contributed by atoms with Crippen LogP contribution in [0.1, 0.15) is 21.8 Å². The van der Waals surface area contributed by atoms with Crippen molar-refractivity contribution in [3.05, 3.63) is 59.4 Å². The van der Waals surface area contributed by atoms with Crippen LogP contribution < -0.4 is 0 Å². The van der Waals surface area contributed by atoms with Crippen LogP contribution in [0.25, 0.3) is 11.3 Å². The maximum atomic E-state index is 14.0. The average Bonchev–Trinajstić information content (AvgIpc) is 3.24. The maximum Gasteiger partial charge on any atom is 0.272 e. The molecule has 6 nitrogen and oxygen atoms in total. The van der Waals surface area contributed by atoms with Crippen LogP contribution >= 0.6 is 0 Å². The molecule has 1 amide bonds. The predicted octanol–water partition coefficient (Wildman–Crippen LogP) is 2.40. The third kappa shape index (κ3) is 2.30. The van der Waals surface area contributed by atoms with Gasteiger partial charge in [-0.05, 0) is 18.2 Å². The standard InChI is InChI=1S/C16H13FN4O2/c17-12-4-2-1-3-10(12)15-11-9-21(8-6-14(11)23-20-15)16(22)13-5-7-18-19-13/h1-5,7H,6,8-9H2,(H,18,19). The van der Waals surface area contributed by atoms with Crippen LogP contribution in [0.5, 0.6) is 0 Å². The van der Waals surface area contributed by atoms with E-state index < -0.39 is 0 Å². The first-order valence-electron chi connectivity index (χ1n) is 7.25. The number of hydrogen-bond acceptors (Lipinski definition) is 4. The fourth-order valence-corrected chi connectivity index (χ4v) is 2.79. The number of amides is 1. The lowest BCUT2D eigenvalue weighted by Crippen LogP contribution is -2.35. The number of nitrogens with zero attached hydrogens (tertiary/aromatic N) is 3. The second kappa shape index (κ2) is 5.35. The van der Waals surface area contributed by atoms with E-state index in [1.54, 1.807) is 29.2 Å². The second-order valence-electron chi connectivity index (χ2n) is 5.36. The van der Waals surface area contributed by atoms with Gasteiger partial charge in [-0.25, -0.2) is 4.39 Å². The van der Waals surface area contributed by atoms with Crippen molar-refractivity contribution >= 4 is 5.91 Å². The summed E-state index contributed by atoms with van der Waals surface area (Å²) in [5.74, 6) is 0.200. The molecule has 1 aromatic carbocycles. The number of benzene rings is 1. The summed E-state index contributed by atoms with van der Waals surface area (Å²) in [6.45, 7) is 0.858. The molecule has 1 N–H and O–H groups in total. The zero-order chi connectivity index (χ0) is 15.8. The lowest BCUT2D eigenvalue weighted by molar-refractivity contribution is 0.0723. The van der Waals surface area contributed by atoms with Gasteiger partial charge in [0.05, 0.1) is 6.54 Å². The summed E-state index contributed by atoms with van der Waals surface area (Å²) in [6.07, 6.45) is 2.09. The first-order valence-corrected chi connectivity index (χ1v) is 7.25. The SMILES string of the molecule is O=C(c1ccn[nH]1)N1CCc2onc(-c3ccccc3F)c2C1. The molecule has 3 aromatic rings. The van der Waals surface area contributed by atoms with E-state index in [-0.39, 0.29) is 11.7 Å². The van der Waals surface area contributed by atoms with Gasteiger partial charge in [0, 0.05) is 30.3 Å². The summed E-state index contributed by atoms with van der Waals surface area (Å²) in [5.41, 5.74) is 2.03. The van der Waals surface area contributed by atoms with E-state index in [2.05, 4.69) is 15.4 Å². The number of aromatic amines is 1. The molecule has 23 heavy (non-hydrogen) atoms. The average molecular weight is 312 g/mol. The van der Waals surface area contributed by atoms with Gasteiger partial charge in [-0.3, -0.25) is 9.89 Å². The van der Waals surface area contributed by atoms with Crippen molar-refractivity contribution < 1.29 is 13.7 Å². The number of halogens is 1. The van der Waals surface area contributed by atoms with Crippen molar-refractivity contribution in [2.75, 3.05) is 6.54 Å². The van der Waals surface area contributed by atoms with Gasteiger partial charge in [0.25, 0.3) is 5.91 Å². The second-order valence-corrected chi connectivity index (χ2v) is 5.36. The molecular formula is C16H13FN4O2. The molecule has 7 heteroatoms. The number of rotatable bonds is 2. The first kappa shape index (κ1) is 13.7. The minimum Gasteiger partial charge on any atom is -0.360 e. The third-order valence-corrected chi connectivity index (χ3v) is 3.97. The van der Waals surface area contributed by atoms with Crippen molar-refractivity contribution in [2.24, 2.45) is 0 Å². The predicted molar refractivity (Wildman–Crippen MR) is 78.9 cm³/mol. The van der Waals surface area contributed by atoms with E-state index in [0.29, 0.717) is 42.2 Å². The van der Waals surface area contributed by atoms with Gasteiger partial charge in [0.1, 0.15) is 23.0 Å². The van der Waals surface area contributed by atoms with Gasteiger partial charge in [-0.2, -0.15) is 5.10 Å². The van der Waals surface area contributed by atoms with Gasteiger partial charge >= 0.3 is 0 Å². The van der Waals surface area contributed by atoms with E-state index >= 15 is 0 Å². The van der Waals surface area contributed by atoms with Crippen molar-refractivity contribution in [3.63, 3.8) is 0 Å². The molecule has 4 rings (SSSR count). The Bertz CT molecular complexity index is 857. The number of carbonyl (C=O) groups excluding carboxylic acids is 1. The third-order valence-electron chi connectivity index (χ3n) is 3.97. The highest BCUT2D eigenvalue weighted by Crippen LogP contribution is 2.31. The van der Waals surface area contributed by atoms with E-state index in [1.807, 2.05) is 0 Å². The monoisotopic (exact) mass is 312 g/mol. The molecule has 1 aliphatic rings. The molecule has 0 fully saturated rings. The van der Waals surface area contributed by atoms with Crippen LogP contribution in [0.4, 0.5) is 4.39 Å². The number of aromatic nitrogens is 3. The lowest BCUT2D eigenvalue weighted by Gasteiger charge is -2.25. The van der Waals surface area contributed by atoms with Gasteiger partial charge in [0.2, 0.25) is 0 Å². The summed E-state index contributed by atoms with van der Waals surface area (Å²) in [7, 11) is 0. The quantitative estimate of drug-likeness (QED) is 0.788. The molecule has 0 aliphatic carbocycles. The molecule has 0 radical (unpaired) electrons. The summed E-state index contributed by atoms with van der Waals surface area (Å²) in [4.78, 5) is 14.1. The number of hydrogen-bond donors (Lipinski definition) is 1. The highest BCUT2D eigenvalue weighted by molar-refractivity contribution is 5.92. The fraction of sp³-hybridized carbons (Fsp3) is 0.188. The molecule has 0 spiro atoms. The summed E-state index contributed by atoms with van der Waals surface area (Å²) >= 11 is 0. The van der Waals surface area contributed by atoms with Crippen molar-refractivity contribution in [1.29, 1.82) is 0 Å².